The summed E-state index contributed by atoms with van der Waals surface area (Å²) < 4.78 is 17.9. The van der Waals surface area contributed by atoms with Gasteiger partial charge in [0.15, 0.2) is 0 Å². The maximum absolute atomic E-state index is 12.9. The molecule has 1 fully saturated rings. The van der Waals surface area contributed by atoms with Gasteiger partial charge in [0.25, 0.3) is 5.91 Å². The van der Waals surface area contributed by atoms with Crippen LogP contribution in [0.5, 0.6) is 17.2 Å². The van der Waals surface area contributed by atoms with E-state index in [9.17, 15) is 9.59 Å². The average molecular weight is 618 g/mol. The first-order valence-electron chi connectivity index (χ1n) is 12.2. The summed E-state index contributed by atoms with van der Waals surface area (Å²) in [7, 11) is 1.52. The monoisotopic (exact) mass is 618 g/mol. The Hall–Kier alpha value is -3.12. The zero-order chi connectivity index (χ0) is 26.4. The minimum absolute atomic E-state index is 0.0929. The summed E-state index contributed by atoms with van der Waals surface area (Å²) in [6, 6.07) is 10.8. The number of aromatic nitrogens is 1. The van der Waals surface area contributed by atoms with E-state index >= 15 is 0 Å². The Bertz CT molecular complexity index is 1280. The third kappa shape index (κ3) is 7.22. The minimum atomic E-state index is -0.270. The largest absolute Gasteiger partial charge is 0.496 e. The van der Waals surface area contributed by atoms with Gasteiger partial charge in [0.05, 0.1) is 30.9 Å². The first kappa shape index (κ1) is 26.9. The van der Waals surface area contributed by atoms with Gasteiger partial charge < -0.3 is 30.2 Å². The Morgan fingerprint density at radius 3 is 2.65 bits per heavy atom. The normalized spacial score (nSPS) is 12.9. The Balaban J connectivity index is 1.55. The van der Waals surface area contributed by atoms with E-state index in [2.05, 4.69) is 43.5 Å². The molecular weight excluding hydrogens is 587 g/mol. The molecule has 1 aliphatic carbocycles. The van der Waals surface area contributed by atoms with Crippen molar-refractivity contribution in [3.8, 4) is 17.2 Å². The molecule has 0 saturated heterocycles. The van der Waals surface area contributed by atoms with Crippen LogP contribution in [0, 0.1) is 0 Å². The zero-order valence-electron chi connectivity index (χ0n) is 21.1. The van der Waals surface area contributed by atoms with E-state index in [4.69, 9.17) is 14.2 Å². The number of benzene rings is 2. The first-order valence-corrected chi connectivity index (χ1v) is 13.7. The number of amides is 3. The fourth-order valence-corrected chi connectivity index (χ4v) is 4.33. The number of fused-ring (bicyclic) bond motifs is 1. The Labute approximate surface area is 229 Å². The lowest BCUT2D eigenvalue weighted by molar-refractivity contribution is 0.0745. The van der Waals surface area contributed by atoms with Crippen LogP contribution >= 0.6 is 22.6 Å². The highest BCUT2D eigenvalue weighted by molar-refractivity contribution is 14.1. The number of methoxy groups -OCH3 is 1. The lowest BCUT2D eigenvalue weighted by atomic mass is 10.1. The van der Waals surface area contributed by atoms with Crippen LogP contribution < -0.4 is 25.4 Å². The maximum Gasteiger partial charge on any atom is 0.319 e. The fourth-order valence-electron chi connectivity index (χ4n) is 3.70. The molecule has 0 atom stereocenters. The number of nitrogens with zero attached hydrogens (tertiary/aromatic N) is 1. The van der Waals surface area contributed by atoms with Crippen LogP contribution in [0.3, 0.4) is 0 Å². The molecule has 0 aliphatic heterocycles. The van der Waals surface area contributed by atoms with Crippen LogP contribution in [0.2, 0.25) is 0 Å². The lowest BCUT2D eigenvalue weighted by Crippen LogP contribution is -2.30. The van der Waals surface area contributed by atoms with Gasteiger partial charge >= 0.3 is 6.03 Å². The molecule has 1 aromatic heterocycles. The SMILES string of the molecule is COc1cc2nccc(Oc3ccc(NC(=O)NC4CC4)c(CI)c3)c2cc1C(=O)NCCOC(C)C. The third-order valence-electron chi connectivity index (χ3n) is 5.72. The number of rotatable bonds is 11. The Kier molecular flexibility index (Phi) is 9.04. The van der Waals surface area contributed by atoms with Crippen molar-refractivity contribution in [2.24, 2.45) is 0 Å². The molecule has 1 saturated carbocycles. The van der Waals surface area contributed by atoms with Gasteiger partial charge in [0, 0.05) is 40.4 Å². The number of urea groups is 1. The first-order chi connectivity index (χ1) is 17.9. The predicted molar refractivity (Wildman–Crippen MR) is 151 cm³/mol. The highest BCUT2D eigenvalue weighted by Gasteiger charge is 2.23. The van der Waals surface area contributed by atoms with E-state index in [0.29, 0.717) is 51.3 Å². The summed E-state index contributed by atoms with van der Waals surface area (Å²) in [5.41, 5.74) is 2.70. The molecule has 0 unspecified atom stereocenters. The van der Waals surface area contributed by atoms with Crippen molar-refractivity contribution >= 4 is 51.1 Å². The van der Waals surface area contributed by atoms with Gasteiger partial charge in [-0.3, -0.25) is 9.78 Å². The molecule has 4 rings (SSSR count). The number of carbonyl (C=O) groups is 2. The number of anilines is 1. The highest BCUT2D eigenvalue weighted by atomic mass is 127. The number of carbonyl (C=O) groups excluding carboxylic acids is 2. The number of hydrogen-bond acceptors (Lipinski definition) is 6. The van der Waals surface area contributed by atoms with Gasteiger partial charge in [-0.05, 0) is 62.6 Å². The van der Waals surface area contributed by atoms with Crippen molar-refractivity contribution in [1.82, 2.24) is 15.6 Å². The molecule has 1 heterocycles. The van der Waals surface area contributed by atoms with E-state index in [-0.39, 0.29) is 24.1 Å². The summed E-state index contributed by atoms with van der Waals surface area (Å²) in [5.74, 6) is 1.32. The standard InChI is InChI=1S/C27H31IN4O5/c1-16(2)36-11-10-30-26(33)21-13-20-23(14-25(21)35-3)29-9-8-24(20)37-19-6-7-22(17(12-19)15-28)32-27(34)31-18-4-5-18/h6-9,12-14,16,18H,4-5,10-11,15H2,1-3H3,(H,30,33)(H2,31,32,34). The Morgan fingerprint density at radius 1 is 1.14 bits per heavy atom. The molecule has 0 bridgehead atoms. The van der Waals surface area contributed by atoms with Crippen LogP contribution in [0.15, 0.2) is 42.6 Å². The number of halogens is 1. The predicted octanol–water partition coefficient (Wildman–Crippen LogP) is 5.41. The van der Waals surface area contributed by atoms with Crippen LogP contribution in [0.4, 0.5) is 10.5 Å². The number of pyridine rings is 1. The average Bonchev–Trinajstić information content (AvgIpc) is 3.70. The quantitative estimate of drug-likeness (QED) is 0.151. The second-order valence-corrected chi connectivity index (χ2v) is 9.74. The molecule has 3 N–H and O–H groups in total. The van der Waals surface area contributed by atoms with Crippen LogP contribution in [-0.4, -0.2) is 49.3 Å². The third-order valence-corrected chi connectivity index (χ3v) is 6.54. The molecule has 37 heavy (non-hydrogen) atoms. The van der Waals surface area contributed by atoms with Crippen molar-refractivity contribution in [1.29, 1.82) is 0 Å². The number of nitrogens with one attached hydrogen (secondary N) is 3. The second kappa shape index (κ2) is 12.4. The molecule has 3 aromatic rings. The van der Waals surface area contributed by atoms with Crippen LogP contribution in [-0.2, 0) is 9.16 Å². The molecule has 3 amide bonds. The molecule has 9 nitrogen and oxygen atoms in total. The number of alkyl halides is 1. The smallest absolute Gasteiger partial charge is 0.319 e. The molecule has 0 radical (unpaired) electrons. The van der Waals surface area contributed by atoms with E-state index in [1.54, 1.807) is 30.5 Å². The number of ether oxygens (including phenoxy) is 3. The zero-order valence-corrected chi connectivity index (χ0v) is 23.3. The van der Waals surface area contributed by atoms with Crippen molar-refractivity contribution in [2.75, 3.05) is 25.6 Å². The van der Waals surface area contributed by atoms with Crippen molar-refractivity contribution in [3.05, 3.63) is 53.7 Å². The summed E-state index contributed by atoms with van der Waals surface area (Å²) >= 11 is 2.26. The summed E-state index contributed by atoms with van der Waals surface area (Å²) in [5, 5.41) is 9.40. The van der Waals surface area contributed by atoms with Gasteiger partial charge in [-0.1, -0.05) is 22.6 Å². The fraction of sp³-hybridized carbons (Fsp3) is 0.370. The molecule has 10 heteroatoms. The van der Waals surface area contributed by atoms with Crippen molar-refractivity contribution in [3.63, 3.8) is 0 Å². The maximum atomic E-state index is 12.9. The minimum Gasteiger partial charge on any atom is -0.496 e. The lowest BCUT2D eigenvalue weighted by Gasteiger charge is -2.15. The highest BCUT2D eigenvalue weighted by Crippen LogP contribution is 2.35. The molecule has 0 spiro atoms. The van der Waals surface area contributed by atoms with E-state index < -0.39 is 0 Å². The Morgan fingerprint density at radius 2 is 1.95 bits per heavy atom. The van der Waals surface area contributed by atoms with Gasteiger partial charge in [-0.2, -0.15) is 0 Å². The molecule has 2 aromatic carbocycles. The summed E-state index contributed by atoms with van der Waals surface area (Å²) in [6.07, 6.45) is 3.80. The summed E-state index contributed by atoms with van der Waals surface area (Å²) in [6.45, 7) is 4.69. The molecule has 1 aliphatic rings. The second-order valence-electron chi connectivity index (χ2n) is 8.98. The van der Waals surface area contributed by atoms with E-state index in [1.807, 2.05) is 26.0 Å². The van der Waals surface area contributed by atoms with E-state index in [1.165, 1.54) is 7.11 Å². The van der Waals surface area contributed by atoms with E-state index in [0.717, 1.165) is 24.1 Å². The topological polar surface area (TPSA) is 111 Å². The molecule has 196 valence electrons. The van der Waals surface area contributed by atoms with Crippen LogP contribution in [0.1, 0.15) is 42.6 Å². The van der Waals surface area contributed by atoms with Crippen molar-refractivity contribution in [2.45, 2.75) is 43.3 Å². The number of hydrogen-bond donors (Lipinski definition) is 3. The van der Waals surface area contributed by atoms with Crippen molar-refractivity contribution < 1.29 is 23.8 Å². The summed E-state index contributed by atoms with van der Waals surface area (Å²) in [4.78, 5) is 29.5. The molecular formula is C27H31IN4O5. The van der Waals surface area contributed by atoms with Gasteiger partial charge in [0.1, 0.15) is 17.2 Å². The van der Waals surface area contributed by atoms with Gasteiger partial charge in [-0.25, -0.2) is 4.79 Å². The van der Waals surface area contributed by atoms with Gasteiger partial charge in [-0.15, -0.1) is 0 Å². The van der Waals surface area contributed by atoms with Crippen LogP contribution in [0.25, 0.3) is 10.9 Å². The van der Waals surface area contributed by atoms with Gasteiger partial charge in [0.2, 0.25) is 0 Å².